The summed E-state index contributed by atoms with van der Waals surface area (Å²) in [5.74, 6) is -1.21. The van der Waals surface area contributed by atoms with E-state index < -0.39 is 33.1 Å². The van der Waals surface area contributed by atoms with Crippen molar-refractivity contribution < 1.29 is 31.1 Å². The fraction of sp³-hybridized carbons (Fsp3) is 0.333. The number of hydrogen-bond donors (Lipinski definition) is 0. The van der Waals surface area contributed by atoms with Gasteiger partial charge in [-0.1, -0.05) is 6.92 Å². The number of carbonyl (C=O) groups is 1. The van der Waals surface area contributed by atoms with Crippen LogP contribution in [0.2, 0.25) is 0 Å². The fourth-order valence-corrected chi connectivity index (χ4v) is 4.62. The summed E-state index contributed by atoms with van der Waals surface area (Å²) < 4.78 is 72.2. The maximum atomic E-state index is 13.1. The molecule has 1 aliphatic heterocycles. The van der Waals surface area contributed by atoms with E-state index in [1.165, 1.54) is 43.5 Å². The van der Waals surface area contributed by atoms with E-state index in [4.69, 9.17) is 4.74 Å². The topological polar surface area (TPSA) is 118 Å². The highest BCUT2D eigenvalue weighted by molar-refractivity contribution is 7.91. The molecule has 4 heterocycles. The minimum atomic E-state index is -4.69. The first kappa shape index (κ1) is 23.5. The van der Waals surface area contributed by atoms with Crippen LogP contribution in [-0.4, -0.2) is 40.0 Å². The fourth-order valence-electron chi connectivity index (χ4n) is 3.47. The quantitative estimate of drug-likeness (QED) is 0.535. The number of halogens is 3. The van der Waals surface area contributed by atoms with E-state index in [-0.39, 0.29) is 45.8 Å². The number of hydrogen-bond acceptors (Lipinski definition) is 7. The maximum absolute atomic E-state index is 13.1. The Morgan fingerprint density at radius 1 is 1.26 bits per heavy atom. The van der Waals surface area contributed by atoms with Crippen LogP contribution in [0.3, 0.4) is 0 Å². The molecule has 3 aromatic heterocycles. The van der Waals surface area contributed by atoms with Crippen LogP contribution < -0.4 is 9.64 Å². The van der Waals surface area contributed by atoms with Crippen molar-refractivity contribution in [3.63, 3.8) is 0 Å². The molecule has 4 rings (SSSR count). The van der Waals surface area contributed by atoms with Gasteiger partial charge in [-0.15, -0.1) is 0 Å². The number of amides is 1. The van der Waals surface area contributed by atoms with E-state index in [2.05, 4.69) is 9.97 Å². The number of rotatable bonds is 5. The van der Waals surface area contributed by atoms with Crippen LogP contribution in [0.5, 0.6) is 5.75 Å². The molecule has 3 aromatic rings. The molecule has 9 nitrogen and oxygen atoms in total. The number of alkyl halides is 3. The predicted molar refractivity (Wildman–Crippen MR) is 113 cm³/mol. The maximum Gasteiger partial charge on any atom is 0.417 e. The third kappa shape index (κ3) is 3.94. The van der Waals surface area contributed by atoms with Crippen LogP contribution in [0.4, 0.5) is 19.0 Å². The molecule has 34 heavy (non-hydrogen) atoms. The molecule has 0 bridgehead atoms. The molecule has 0 unspecified atom stereocenters. The van der Waals surface area contributed by atoms with E-state index in [0.29, 0.717) is 12.3 Å². The standard InChI is InChI=1S/C21H18F3N5O4S/c1-4-34(31,32)19-17(27-16-6-5-13(9-28(16)19)33-20(2,3)11-25)29-10-15-14(18(29)30)7-12(8-26-15)21(22,23)24/h5-9H,4,10H2,1-3H3. The third-order valence-corrected chi connectivity index (χ3v) is 6.91. The summed E-state index contributed by atoms with van der Waals surface area (Å²) in [5.41, 5.74) is -2.31. The zero-order valence-electron chi connectivity index (χ0n) is 18.2. The number of fused-ring (bicyclic) bond motifs is 2. The number of nitriles is 1. The highest BCUT2D eigenvalue weighted by atomic mass is 32.2. The summed E-state index contributed by atoms with van der Waals surface area (Å²) in [6, 6.07) is 5.61. The molecule has 0 fully saturated rings. The molecule has 0 N–H and O–H groups in total. The van der Waals surface area contributed by atoms with Crippen LogP contribution in [-0.2, 0) is 22.6 Å². The summed E-state index contributed by atoms with van der Waals surface area (Å²) in [4.78, 5) is 22.1. The van der Waals surface area contributed by atoms with Crippen molar-refractivity contribution in [2.24, 2.45) is 0 Å². The number of carbonyl (C=O) groups excluding carboxylic acids is 1. The van der Waals surface area contributed by atoms with Gasteiger partial charge in [-0.25, -0.2) is 13.4 Å². The Kier molecular flexibility index (Phi) is 5.32. The molecule has 1 aliphatic rings. The van der Waals surface area contributed by atoms with Crippen LogP contribution >= 0.6 is 0 Å². The summed E-state index contributed by atoms with van der Waals surface area (Å²) in [5, 5.41) is 8.90. The minimum Gasteiger partial charge on any atom is -0.471 e. The normalized spacial score (nSPS) is 14.4. The lowest BCUT2D eigenvalue weighted by molar-refractivity contribution is -0.137. The van der Waals surface area contributed by atoms with Crippen molar-refractivity contribution in [2.45, 2.75) is 44.1 Å². The molecule has 13 heteroatoms. The number of imidazole rings is 1. The molecule has 0 aliphatic carbocycles. The van der Waals surface area contributed by atoms with Gasteiger partial charge in [-0.05, 0) is 32.0 Å². The predicted octanol–water partition coefficient (Wildman–Crippen LogP) is 3.38. The second-order valence-corrected chi connectivity index (χ2v) is 10.3. The Labute approximate surface area is 192 Å². The monoisotopic (exact) mass is 493 g/mol. The van der Waals surface area contributed by atoms with Crippen LogP contribution in [0, 0.1) is 11.3 Å². The van der Waals surface area contributed by atoms with Crippen LogP contribution in [0.15, 0.2) is 35.6 Å². The van der Waals surface area contributed by atoms with Crippen molar-refractivity contribution in [1.29, 1.82) is 5.26 Å². The van der Waals surface area contributed by atoms with Gasteiger partial charge in [0.25, 0.3) is 5.91 Å². The minimum absolute atomic E-state index is 0.0784. The number of sulfone groups is 1. The van der Waals surface area contributed by atoms with Gasteiger partial charge in [0.1, 0.15) is 17.5 Å². The molecule has 0 saturated carbocycles. The Morgan fingerprint density at radius 2 is 1.97 bits per heavy atom. The number of anilines is 1. The zero-order chi connectivity index (χ0) is 25.1. The zero-order valence-corrected chi connectivity index (χ0v) is 19.0. The molecule has 0 aromatic carbocycles. The smallest absolute Gasteiger partial charge is 0.417 e. The second kappa shape index (κ2) is 7.69. The average Bonchev–Trinajstić information content (AvgIpc) is 3.30. The largest absolute Gasteiger partial charge is 0.471 e. The summed E-state index contributed by atoms with van der Waals surface area (Å²) >= 11 is 0. The van der Waals surface area contributed by atoms with Crippen molar-refractivity contribution in [3.05, 3.63) is 47.4 Å². The van der Waals surface area contributed by atoms with E-state index in [1.807, 2.05) is 6.07 Å². The number of aromatic nitrogens is 3. The van der Waals surface area contributed by atoms with Crippen LogP contribution in [0.1, 0.15) is 42.4 Å². The van der Waals surface area contributed by atoms with Gasteiger partial charge < -0.3 is 4.74 Å². The lowest BCUT2D eigenvalue weighted by Crippen LogP contribution is -2.26. The SMILES string of the molecule is CCS(=O)(=O)c1c(N2Cc3ncc(C(F)(F)F)cc3C2=O)nc2ccc(OC(C)(C)C#N)cn12. The second-order valence-electron chi connectivity index (χ2n) is 8.07. The van der Waals surface area contributed by atoms with Crippen molar-refractivity contribution >= 4 is 27.2 Å². The number of nitrogens with zero attached hydrogens (tertiary/aromatic N) is 5. The molecule has 0 radical (unpaired) electrons. The van der Waals surface area contributed by atoms with Gasteiger partial charge in [0.2, 0.25) is 0 Å². The Balaban J connectivity index is 1.86. The van der Waals surface area contributed by atoms with Crippen molar-refractivity contribution in [1.82, 2.24) is 14.4 Å². The van der Waals surface area contributed by atoms with Gasteiger partial charge in [0, 0.05) is 6.20 Å². The Hall–Kier alpha value is -3.66. The number of ether oxygens (including phenoxy) is 1. The van der Waals surface area contributed by atoms with E-state index in [0.717, 1.165) is 4.90 Å². The van der Waals surface area contributed by atoms with Gasteiger partial charge in [0.15, 0.2) is 26.3 Å². The molecule has 178 valence electrons. The lowest BCUT2D eigenvalue weighted by Gasteiger charge is -2.18. The summed E-state index contributed by atoms with van der Waals surface area (Å²) in [7, 11) is -3.97. The lowest BCUT2D eigenvalue weighted by atomic mass is 10.1. The average molecular weight is 493 g/mol. The Bertz CT molecular complexity index is 1470. The molecule has 0 saturated heterocycles. The molecule has 0 spiro atoms. The Morgan fingerprint density at radius 3 is 2.59 bits per heavy atom. The van der Waals surface area contributed by atoms with Gasteiger partial charge in [-0.3, -0.25) is 19.1 Å². The highest BCUT2D eigenvalue weighted by Gasteiger charge is 2.39. The van der Waals surface area contributed by atoms with E-state index in [9.17, 15) is 31.6 Å². The molecule has 1 amide bonds. The van der Waals surface area contributed by atoms with Crippen LogP contribution in [0.25, 0.3) is 5.65 Å². The number of pyridine rings is 2. The molecular weight excluding hydrogens is 475 g/mol. The van der Waals surface area contributed by atoms with Gasteiger partial charge >= 0.3 is 6.18 Å². The van der Waals surface area contributed by atoms with Gasteiger partial charge in [0.05, 0.1) is 35.3 Å². The molecular formula is C21H18F3N5O4S. The van der Waals surface area contributed by atoms with Gasteiger partial charge in [-0.2, -0.15) is 18.4 Å². The molecule has 0 atom stereocenters. The van der Waals surface area contributed by atoms with Crippen molar-refractivity contribution in [2.75, 3.05) is 10.7 Å². The highest BCUT2D eigenvalue weighted by Crippen LogP contribution is 2.36. The summed E-state index contributed by atoms with van der Waals surface area (Å²) in [6.07, 6.45) is -2.73. The summed E-state index contributed by atoms with van der Waals surface area (Å²) in [6.45, 7) is 4.23. The van der Waals surface area contributed by atoms with E-state index >= 15 is 0 Å². The third-order valence-electron chi connectivity index (χ3n) is 5.18. The van der Waals surface area contributed by atoms with E-state index in [1.54, 1.807) is 0 Å². The first-order valence-corrected chi connectivity index (χ1v) is 11.7. The first-order valence-electron chi connectivity index (χ1n) is 10.0. The van der Waals surface area contributed by atoms with Crippen molar-refractivity contribution in [3.8, 4) is 11.8 Å². The first-order chi connectivity index (χ1) is 15.8.